The Hall–Kier alpha value is -2.44. The minimum Gasteiger partial charge on any atom is -0.461 e. The zero-order valence-corrected chi connectivity index (χ0v) is 11.6. The van der Waals surface area contributed by atoms with Crippen LogP contribution in [0.3, 0.4) is 0 Å². The van der Waals surface area contributed by atoms with Crippen molar-refractivity contribution in [2.24, 2.45) is 0 Å². The number of nitrogens with zero attached hydrogens (tertiary/aromatic N) is 4. The molecule has 106 valence electrons. The standard InChI is InChI=1S/C13H18N6O/c1-9(2)20-13-18-11(14)17-12(19-13)16-8-5-10-3-6-15-7-4-10/h3-4,6-7,9H,5,8H2,1-2H3,(H3,14,16,17,18,19). The monoisotopic (exact) mass is 274 g/mol. The average molecular weight is 274 g/mol. The Morgan fingerprint density at radius 3 is 2.65 bits per heavy atom. The van der Waals surface area contributed by atoms with Crippen molar-refractivity contribution in [1.29, 1.82) is 0 Å². The van der Waals surface area contributed by atoms with E-state index in [2.05, 4.69) is 25.3 Å². The highest BCUT2D eigenvalue weighted by atomic mass is 16.5. The predicted octanol–water partition coefficient (Wildman–Crippen LogP) is 1.29. The molecule has 0 aliphatic carbocycles. The van der Waals surface area contributed by atoms with E-state index in [1.165, 1.54) is 5.56 Å². The van der Waals surface area contributed by atoms with Gasteiger partial charge in [0.05, 0.1) is 6.10 Å². The van der Waals surface area contributed by atoms with Crippen molar-refractivity contribution in [1.82, 2.24) is 19.9 Å². The zero-order valence-electron chi connectivity index (χ0n) is 11.6. The first-order valence-corrected chi connectivity index (χ1v) is 6.44. The summed E-state index contributed by atoms with van der Waals surface area (Å²) in [4.78, 5) is 16.1. The first-order chi connectivity index (χ1) is 9.63. The molecule has 7 nitrogen and oxygen atoms in total. The van der Waals surface area contributed by atoms with Gasteiger partial charge in [0.25, 0.3) is 0 Å². The predicted molar refractivity (Wildman–Crippen MR) is 76.4 cm³/mol. The van der Waals surface area contributed by atoms with Gasteiger partial charge in [-0.2, -0.15) is 15.0 Å². The molecule has 0 amide bonds. The lowest BCUT2D eigenvalue weighted by Gasteiger charge is -2.10. The number of ether oxygens (including phenoxy) is 1. The Morgan fingerprint density at radius 1 is 1.20 bits per heavy atom. The highest BCUT2D eigenvalue weighted by Gasteiger charge is 2.06. The van der Waals surface area contributed by atoms with Crippen LogP contribution in [-0.2, 0) is 6.42 Å². The topological polar surface area (TPSA) is 98.8 Å². The van der Waals surface area contributed by atoms with Crippen LogP contribution >= 0.6 is 0 Å². The van der Waals surface area contributed by atoms with Crippen LogP contribution < -0.4 is 15.8 Å². The normalized spacial score (nSPS) is 10.6. The summed E-state index contributed by atoms with van der Waals surface area (Å²) in [5, 5.41) is 3.10. The van der Waals surface area contributed by atoms with Crippen molar-refractivity contribution in [2.45, 2.75) is 26.4 Å². The van der Waals surface area contributed by atoms with E-state index in [4.69, 9.17) is 10.5 Å². The maximum absolute atomic E-state index is 5.63. The number of nitrogens with two attached hydrogens (primary N) is 1. The fraction of sp³-hybridized carbons (Fsp3) is 0.385. The van der Waals surface area contributed by atoms with E-state index in [0.717, 1.165) is 6.42 Å². The summed E-state index contributed by atoms with van der Waals surface area (Å²) in [5.74, 6) is 0.560. The quantitative estimate of drug-likeness (QED) is 0.818. The third-order valence-electron chi connectivity index (χ3n) is 2.42. The highest BCUT2D eigenvalue weighted by molar-refractivity contribution is 5.32. The third kappa shape index (κ3) is 4.34. The Labute approximate surface area is 117 Å². The van der Waals surface area contributed by atoms with Crippen LogP contribution in [0, 0.1) is 0 Å². The lowest BCUT2D eigenvalue weighted by Crippen LogP contribution is -2.14. The molecular formula is C13H18N6O. The van der Waals surface area contributed by atoms with Gasteiger partial charge >= 0.3 is 6.01 Å². The molecule has 0 aliphatic heterocycles. The molecule has 0 radical (unpaired) electrons. The van der Waals surface area contributed by atoms with Gasteiger partial charge in [-0.25, -0.2) is 0 Å². The zero-order chi connectivity index (χ0) is 14.4. The molecule has 0 saturated heterocycles. The van der Waals surface area contributed by atoms with Gasteiger partial charge < -0.3 is 15.8 Å². The van der Waals surface area contributed by atoms with Crippen molar-refractivity contribution in [3.63, 3.8) is 0 Å². The summed E-state index contributed by atoms with van der Waals surface area (Å²) in [6, 6.07) is 4.17. The van der Waals surface area contributed by atoms with Gasteiger partial charge in [0.15, 0.2) is 0 Å². The molecule has 2 aromatic rings. The molecule has 20 heavy (non-hydrogen) atoms. The van der Waals surface area contributed by atoms with E-state index in [0.29, 0.717) is 12.5 Å². The smallest absolute Gasteiger partial charge is 0.323 e. The van der Waals surface area contributed by atoms with Crippen LogP contribution in [0.25, 0.3) is 0 Å². The van der Waals surface area contributed by atoms with Gasteiger partial charge in [-0.3, -0.25) is 4.98 Å². The number of nitrogens with one attached hydrogen (secondary N) is 1. The first-order valence-electron chi connectivity index (χ1n) is 6.44. The molecule has 0 aliphatic rings. The van der Waals surface area contributed by atoms with E-state index < -0.39 is 0 Å². The maximum atomic E-state index is 5.63. The highest BCUT2D eigenvalue weighted by Crippen LogP contribution is 2.10. The summed E-state index contributed by atoms with van der Waals surface area (Å²) >= 11 is 0. The van der Waals surface area contributed by atoms with Crippen molar-refractivity contribution < 1.29 is 4.74 Å². The Kier molecular flexibility index (Phi) is 4.65. The minimum absolute atomic E-state index is 0.0125. The number of hydrogen-bond donors (Lipinski definition) is 2. The molecule has 0 fully saturated rings. The summed E-state index contributed by atoms with van der Waals surface area (Å²) in [6.45, 7) is 4.49. The van der Waals surface area contributed by atoms with Crippen LogP contribution in [0.1, 0.15) is 19.4 Å². The summed E-state index contributed by atoms with van der Waals surface area (Å²) in [6.07, 6.45) is 4.37. The summed E-state index contributed by atoms with van der Waals surface area (Å²) in [5.41, 5.74) is 6.82. The molecule has 2 aromatic heterocycles. The molecule has 3 N–H and O–H groups in total. The molecule has 0 unspecified atom stereocenters. The van der Waals surface area contributed by atoms with E-state index >= 15 is 0 Å². The number of rotatable bonds is 6. The largest absolute Gasteiger partial charge is 0.461 e. The van der Waals surface area contributed by atoms with Crippen LogP contribution in [0.5, 0.6) is 6.01 Å². The van der Waals surface area contributed by atoms with Crippen molar-refractivity contribution >= 4 is 11.9 Å². The van der Waals surface area contributed by atoms with Crippen molar-refractivity contribution in [2.75, 3.05) is 17.6 Å². The molecule has 0 spiro atoms. The van der Waals surface area contributed by atoms with Gasteiger partial charge in [0, 0.05) is 18.9 Å². The molecule has 7 heteroatoms. The lowest BCUT2D eigenvalue weighted by atomic mass is 10.2. The van der Waals surface area contributed by atoms with Crippen LogP contribution in [-0.4, -0.2) is 32.6 Å². The van der Waals surface area contributed by atoms with Crippen molar-refractivity contribution in [3.8, 4) is 6.01 Å². The van der Waals surface area contributed by atoms with Gasteiger partial charge in [-0.15, -0.1) is 0 Å². The fourth-order valence-corrected chi connectivity index (χ4v) is 1.58. The lowest BCUT2D eigenvalue weighted by molar-refractivity contribution is 0.222. The second-order valence-electron chi connectivity index (χ2n) is 4.50. The second kappa shape index (κ2) is 6.65. The van der Waals surface area contributed by atoms with Crippen molar-refractivity contribution in [3.05, 3.63) is 30.1 Å². The first kappa shape index (κ1) is 14.0. The summed E-state index contributed by atoms with van der Waals surface area (Å²) in [7, 11) is 0. The summed E-state index contributed by atoms with van der Waals surface area (Å²) < 4.78 is 5.41. The second-order valence-corrected chi connectivity index (χ2v) is 4.50. The molecule has 0 saturated carbocycles. The van der Waals surface area contributed by atoms with Crippen LogP contribution in [0.15, 0.2) is 24.5 Å². The average Bonchev–Trinajstić information content (AvgIpc) is 2.38. The van der Waals surface area contributed by atoms with E-state index in [1.807, 2.05) is 26.0 Å². The van der Waals surface area contributed by atoms with Gasteiger partial charge in [0.1, 0.15) is 0 Å². The number of anilines is 2. The molecule has 0 atom stereocenters. The van der Waals surface area contributed by atoms with Crippen LogP contribution in [0.2, 0.25) is 0 Å². The SMILES string of the molecule is CC(C)Oc1nc(N)nc(NCCc2ccncc2)n1. The molecule has 0 aromatic carbocycles. The Morgan fingerprint density at radius 2 is 1.95 bits per heavy atom. The van der Waals surface area contributed by atoms with Gasteiger partial charge in [0.2, 0.25) is 11.9 Å². The van der Waals surface area contributed by atoms with E-state index in [-0.39, 0.29) is 18.1 Å². The van der Waals surface area contributed by atoms with Crippen LogP contribution in [0.4, 0.5) is 11.9 Å². The Balaban J connectivity index is 1.93. The van der Waals surface area contributed by atoms with Gasteiger partial charge in [-0.1, -0.05) is 0 Å². The third-order valence-corrected chi connectivity index (χ3v) is 2.42. The minimum atomic E-state index is -0.0125. The fourth-order valence-electron chi connectivity index (χ4n) is 1.58. The van der Waals surface area contributed by atoms with E-state index in [1.54, 1.807) is 12.4 Å². The number of aromatic nitrogens is 4. The Bertz CT molecular complexity index is 546. The number of hydrogen-bond acceptors (Lipinski definition) is 7. The molecular weight excluding hydrogens is 256 g/mol. The maximum Gasteiger partial charge on any atom is 0.323 e. The van der Waals surface area contributed by atoms with Gasteiger partial charge in [-0.05, 0) is 38.0 Å². The number of nitrogen functional groups attached to an aromatic ring is 1. The molecule has 2 rings (SSSR count). The van der Waals surface area contributed by atoms with E-state index in [9.17, 15) is 0 Å². The molecule has 2 heterocycles. The molecule has 0 bridgehead atoms. The number of pyridine rings is 1.